The predicted molar refractivity (Wildman–Crippen MR) is 107 cm³/mol. The van der Waals surface area contributed by atoms with Gasteiger partial charge in [0.25, 0.3) is 5.91 Å². The lowest BCUT2D eigenvalue weighted by Gasteiger charge is -2.29. The van der Waals surface area contributed by atoms with E-state index in [4.69, 9.17) is 20.8 Å². The van der Waals surface area contributed by atoms with Gasteiger partial charge in [-0.1, -0.05) is 23.7 Å². The molecule has 1 atom stereocenters. The lowest BCUT2D eigenvalue weighted by molar-refractivity contribution is 0.0914. The van der Waals surface area contributed by atoms with Gasteiger partial charge >= 0.3 is 0 Å². The van der Waals surface area contributed by atoms with E-state index in [2.05, 4.69) is 22.3 Å². The summed E-state index contributed by atoms with van der Waals surface area (Å²) in [6, 6.07) is 15.2. The lowest BCUT2D eigenvalue weighted by atomic mass is 10.1. The molecule has 1 fully saturated rings. The van der Waals surface area contributed by atoms with Crippen molar-refractivity contribution in [2.45, 2.75) is 13.0 Å². The number of fused-ring (bicyclic) bond motifs is 1. The van der Waals surface area contributed by atoms with E-state index in [1.54, 1.807) is 24.3 Å². The minimum Gasteiger partial charge on any atom is -0.451 e. The number of ether oxygens (including phenoxy) is 1. The van der Waals surface area contributed by atoms with Crippen molar-refractivity contribution in [1.82, 2.24) is 5.32 Å². The van der Waals surface area contributed by atoms with Crippen molar-refractivity contribution in [3.05, 3.63) is 64.9 Å². The first kappa shape index (κ1) is 17.9. The normalized spacial score (nSPS) is 15.7. The molecule has 2 aromatic carbocycles. The molecule has 3 aromatic rings. The summed E-state index contributed by atoms with van der Waals surface area (Å²) in [6.07, 6.45) is 0. The van der Waals surface area contributed by atoms with Crippen LogP contribution < -0.4 is 10.2 Å². The van der Waals surface area contributed by atoms with E-state index in [1.807, 2.05) is 19.1 Å². The Hall–Kier alpha value is -2.50. The number of morpholine rings is 1. The molecule has 1 aliphatic rings. The molecule has 0 radical (unpaired) electrons. The number of benzene rings is 2. The summed E-state index contributed by atoms with van der Waals surface area (Å²) in [7, 11) is 0. The Kier molecular flexibility index (Phi) is 5.05. The van der Waals surface area contributed by atoms with E-state index in [-0.39, 0.29) is 17.7 Å². The van der Waals surface area contributed by atoms with Crippen LogP contribution in [-0.4, -0.2) is 32.2 Å². The number of hydrogen-bond donors (Lipinski definition) is 1. The highest BCUT2D eigenvalue weighted by molar-refractivity contribution is 6.31. The Labute approximate surface area is 162 Å². The molecule has 27 heavy (non-hydrogen) atoms. The number of halogens is 1. The number of furan rings is 1. The monoisotopic (exact) mass is 384 g/mol. The van der Waals surface area contributed by atoms with E-state index in [0.29, 0.717) is 10.6 Å². The molecular weight excluding hydrogens is 364 g/mol. The second kappa shape index (κ2) is 7.62. The number of amides is 1. The fourth-order valence-electron chi connectivity index (χ4n) is 3.27. The Balaban J connectivity index is 1.44. The quantitative estimate of drug-likeness (QED) is 0.723. The molecule has 1 saturated heterocycles. The van der Waals surface area contributed by atoms with Crippen LogP contribution in [0.2, 0.25) is 5.02 Å². The Morgan fingerprint density at radius 1 is 1.11 bits per heavy atom. The molecule has 140 valence electrons. The van der Waals surface area contributed by atoms with Crippen LogP contribution >= 0.6 is 11.6 Å². The van der Waals surface area contributed by atoms with Crippen LogP contribution in [0.25, 0.3) is 11.0 Å². The van der Waals surface area contributed by atoms with Gasteiger partial charge in [0.2, 0.25) is 0 Å². The zero-order valence-electron chi connectivity index (χ0n) is 15.1. The highest BCUT2D eigenvalue weighted by atomic mass is 35.5. The second-order valence-corrected chi connectivity index (χ2v) is 7.12. The van der Waals surface area contributed by atoms with Crippen LogP contribution in [0.1, 0.15) is 29.1 Å². The van der Waals surface area contributed by atoms with Gasteiger partial charge in [-0.05, 0) is 48.9 Å². The van der Waals surface area contributed by atoms with Gasteiger partial charge in [-0.3, -0.25) is 4.79 Å². The van der Waals surface area contributed by atoms with Crippen LogP contribution in [0.5, 0.6) is 0 Å². The first-order valence-electron chi connectivity index (χ1n) is 9.03. The van der Waals surface area contributed by atoms with Crippen LogP contribution in [0.15, 0.2) is 52.9 Å². The zero-order valence-corrected chi connectivity index (χ0v) is 15.8. The van der Waals surface area contributed by atoms with Crippen molar-refractivity contribution in [2.75, 3.05) is 31.2 Å². The molecule has 0 spiro atoms. The van der Waals surface area contributed by atoms with Crippen molar-refractivity contribution in [2.24, 2.45) is 0 Å². The van der Waals surface area contributed by atoms with Gasteiger partial charge in [0.1, 0.15) is 5.58 Å². The largest absolute Gasteiger partial charge is 0.451 e. The summed E-state index contributed by atoms with van der Waals surface area (Å²) in [5.41, 5.74) is 2.86. The molecule has 0 aliphatic carbocycles. The molecule has 0 saturated carbocycles. The smallest absolute Gasteiger partial charge is 0.287 e. The fourth-order valence-corrected chi connectivity index (χ4v) is 3.45. The maximum Gasteiger partial charge on any atom is 0.287 e. The molecule has 1 amide bonds. The number of carbonyl (C=O) groups is 1. The maximum atomic E-state index is 12.5. The number of nitrogens with zero attached hydrogens (tertiary/aromatic N) is 1. The van der Waals surface area contributed by atoms with Gasteiger partial charge in [0.05, 0.1) is 19.3 Å². The van der Waals surface area contributed by atoms with Crippen LogP contribution in [0, 0.1) is 0 Å². The second-order valence-electron chi connectivity index (χ2n) is 6.68. The third-order valence-corrected chi connectivity index (χ3v) is 5.05. The first-order chi connectivity index (χ1) is 13.1. The summed E-state index contributed by atoms with van der Waals surface area (Å²) in [4.78, 5) is 14.8. The molecule has 1 N–H and O–H groups in total. The molecule has 4 rings (SSSR count). The molecular formula is C21H21ClN2O3. The molecule has 6 heteroatoms. The van der Waals surface area contributed by atoms with Gasteiger partial charge < -0.3 is 19.4 Å². The van der Waals surface area contributed by atoms with E-state index in [9.17, 15) is 4.79 Å². The SMILES string of the molecule is CC(NC(=O)c1cc2cc(Cl)ccc2o1)c1ccc(N2CCOCC2)cc1. The number of nitrogens with one attached hydrogen (secondary N) is 1. The van der Waals surface area contributed by atoms with Gasteiger partial charge in [-0.25, -0.2) is 0 Å². The number of hydrogen-bond acceptors (Lipinski definition) is 4. The highest BCUT2D eigenvalue weighted by Gasteiger charge is 2.17. The van der Waals surface area contributed by atoms with E-state index >= 15 is 0 Å². The Morgan fingerprint density at radius 2 is 1.85 bits per heavy atom. The molecule has 5 nitrogen and oxygen atoms in total. The average Bonchev–Trinajstić information content (AvgIpc) is 3.12. The molecule has 1 unspecified atom stereocenters. The van der Waals surface area contributed by atoms with E-state index in [0.717, 1.165) is 37.3 Å². The summed E-state index contributed by atoms with van der Waals surface area (Å²) >= 11 is 5.99. The zero-order chi connectivity index (χ0) is 18.8. The molecule has 1 aliphatic heterocycles. The number of rotatable bonds is 4. The summed E-state index contributed by atoms with van der Waals surface area (Å²) in [5.74, 6) is 0.0381. The molecule has 0 bridgehead atoms. The predicted octanol–water partition coefficient (Wildman–Crippen LogP) is 4.41. The topological polar surface area (TPSA) is 54.7 Å². The minimum atomic E-state index is -0.243. The van der Waals surface area contributed by atoms with E-state index in [1.165, 1.54) is 5.69 Å². The van der Waals surface area contributed by atoms with Crippen LogP contribution in [-0.2, 0) is 4.74 Å². The summed E-state index contributed by atoms with van der Waals surface area (Å²) in [5, 5.41) is 4.42. The van der Waals surface area contributed by atoms with Gasteiger partial charge in [-0.15, -0.1) is 0 Å². The Bertz CT molecular complexity index is 946. The fraction of sp³-hybridized carbons (Fsp3) is 0.286. The average molecular weight is 385 g/mol. The maximum absolute atomic E-state index is 12.5. The number of carbonyl (C=O) groups excluding carboxylic acids is 1. The molecule has 2 heterocycles. The Morgan fingerprint density at radius 3 is 2.59 bits per heavy atom. The number of anilines is 1. The van der Waals surface area contributed by atoms with Crippen LogP contribution in [0.4, 0.5) is 5.69 Å². The van der Waals surface area contributed by atoms with Gasteiger partial charge in [0.15, 0.2) is 5.76 Å². The molecule has 1 aromatic heterocycles. The van der Waals surface area contributed by atoms with Crippen molar-refractivity contribution in [3.8, 4) is 0 Å². The van der Waals surface area contributed by atoms with Crippen LogP contribution in [0.3, 0.4) is 0 Å². The van der Waals surface area contributed by atoms with Crippen molar-refractivity contribution < 1.29 is 13.9 Å². The summed E-state index contributed by atoms with van der Waals surface area (Å²) in [6.45, 7) is 5.29. The summed E-state index contributed by atoms with van der Waals surface area (Å²) < 4.78 is 11.0. The van der Waals surface area contributed by atoms with E-state index < -0.39 is 0 Å². The van der Waals surface area contributed by atoms with Crippen molar-refractivity contribution in [1.29, 1.82) is 0 Å². The third-order valence-electron chi connectivity index (χ3n) is 4.82. The third kappa shape index (κ3) is 3.94. The standard InChI is InChI=1S/C21H21ClN2O3/c1-14(15-2-5-18(6-3-15)24-8-10-26-11-9-24)23-21(25)20-13-16-12-17(22)4-7-19(16)27-20/h2-7,12-14H,8-11H2,1H3,(H,23,25). The van der Waals surface area contributed by atoms with Gasteiger partial charge in [0, 0.05) is 29.2 Å². The lowest BCUT2D eigenvalue weighted by Crippen LogP contribution is -2.36. The van der Waals surface area contributed by atoms with Crippen molar-refractivity contribution >= 4 is 34.2 Å². The van der Waals surface area contributed by atoms with Crippen molar-refractivity contribution in [3.63, 3.8) is 0 Å². The minimum absolute atomic E-state index is 0.131. The first-order valence-corrected chi connectivity index (χ1v) is 9.40. The highest BCUT2D eigenvalue weighted by Crippen LogP contribution is 2.24. The van der Waals surface area contributed by atoms with Gasteiger partial charge in [-0.2, -0.15) is 0 Å².